The Bertz CT molecular complexity index is 576. The first-order chi connectivity index (χ1) is 16.3. The first-order valence-electron chi connectivity index (χ1n) is 11.5. The molecule has 12 nitrogen and oxygen atoms in total. The fraction of sp³-hybridized carbons (Fsp3) is 0.857. The van der Waals surface area contributed by atoms with Gasteiger partial charge in [0.25, 0.3) is 0 Å². The lowest BCUT2D eigenvalue weighted by atomic mass is 10.3. The van der Waals surface area contributed by atoms with E-state index in [1.165, 1.54) is 0 Å². The zero-order valence-corrected chi connectivity index (χ0v) is 19.7. The molecule has 0 radical (unpaired) electrons. The van der Waals surface area contributed by atoms with Gasteiger partial charge >= 0.3 is 0 Å². The number of nitrogens with one attached hydrogen (secondary N) is 1. The van der Waals surface area contributed by atoms with Crippen LogP contribution in [0.2, 0.25) is 0 Å². The third-order valence-electron chi connectivity index (χ3n) is 4.15. The number of ether oxygens (including phenoxy) is 6. The summed E-state index contributed by atoms with van der Waals surface area (Å²) in [6, 6.07) is 0. The molecule has 0 fully saturated rings. The second-order valence-corrected chi connectivity index (χ2v) is 6.95. The Morgan fingerprint density at radius 1 is 0.879 bits per heavy atom. The standard InChI is InChI=1S/C21H40N4O8/c1-2-3-5-25-17-20(23-24-25)19-33-16-15-32-14-13-31-12-11-30-10-9-29-8-7-28-6-4-22-21(27)18-26/h17,26H,2-16,18-19H2,1H3,(H,22,27). The minimum Gasteiger partial charge on any atom is -0.387 e. The van der Waals surface area contributed by atoms with Crippen LogP contribution >= 0.6 is 0 Å². The van der Waals surface area contributed by atoms with Gasteiger partial charge in [-0.1, -0.05) is 18.6 Å². The summed E-state index contributed by atoms with van der Waals surface area (Å²) >= 11 is 0. The SMILES string of the molecule is CCCCn1cc(COCCOCCOCCOCCOCCOCCNC(=O)CO)nn1. The van der Waals surface area contributed by atoms with Crippen molar-refractivity contribution in [2.24, 2.45) is 0 Å². The van der Waals surface area contributed by atoms with E-state index in [4.69, 9.17) is 33.5 Å². The molecule has 0 aliphatic carbocycles. The topological polar surface area (TPSA) is 135 Å². The molecule has 0 aliphatic heterocycles. The van der Waals surface area contributed by atoms with E-state index in [9.17, 15) is 4.79 Å². The molecular weight excluding hydrogens is 436 g/mol. The molecule has 0 aliphatic rings. The van der Waals surface area contributed by atoms with Crippen molar-refractivity contribution in [2.75, 3.05) is 85.8 Å². The minimum absolute atomic E-state index is 0.366. The molecule has 0 atom stereocenters. The van der Waals surface area contributed by atoms with Crippen LogP contribution in [0.1, 0.15) is 25.5 Å². The van der Waals surface area contributed by atoms with Gasteiger partial charge in [0.1, 0.15) is 12.3 Å². The number of aliphatic hydroxyl groups excluding tert-OH is 1. The number of carbonyl (C=O) groups excluding carboxylic acids is 1. The van der Waals surface area contributed by atoms with E-state index in [1.54, 1.807) is 0 Å². The molecule has 0 saturated heterocycles. The molecule has 1 aromatic rings. The fourth-order valence-corrected chi connectivity index (χ4v) is 2.43. The van der Waals surface area contributed by atoms with E-state index in [0.29, 0.717) is 85.8 Å². The number of hydrogen-bond acceptors (Lipinski definition) is 10. The first-order valence-corrected chi connectivity index (χ1v) is 11.5. The second kappa shape index (κ2) is 22.1. The Kier molecular flexibility index (Phi) is 19.7. The number of amides is 1. The van der Waals surface area contributed by atoms with Gasteiger partial charge in [0.05, 0.1) is 85.5 Å². The normalized spacial score (nSPS) is 11.2. The molecule has 2 N–H and O–H groups in total. The van der Waals surface area contributed by atoms with Gasteiger partial charge in [-0.05, 0) is 6.42 Å². The van der Waals surface area contributed by atoms with Crippen molar-refractivity contribution in [3.05, 3.63) is 11.9 Å². The van der Waals surface area contributed by atoms with Gasteiger partial charge in [0.2, 0.25) is 5.91 Å². The average molecular weight is 477 g/mol. The Hall–Kier alpha value is -1.67. The highest BCUT2D eigenvalue weighted by molar-refractivity contribution is 5.76. The molecule has 0 aromatic carbocycles. The lowest BCUT2D eigenvalue weighted by Gasteiger charge is -2.08. The number of unbranched alkanes of at least 4 members (excludes halogenated alkanes) is 1. The van der Waals surface area contributed by atoms with Gasteiger partial charge in [0, 0.05) is 13.1 Å². The molecule has 1 aromatic heterocycles. The highest BCUT2D eigenvalue weighted by Crippen LogP contribution is 1.98. The van der Waals surface area contributed by atoms with Crippen molar-refractivity contribution in [1.29, 1.82) is 0 Å². The zero-order chi connectivity index (χ0) is 23.8. The van der Waals surface area contributed by atoms with Crippen LogP contribution < -0.4 is 5.32 Å². The first kappa shape index (κ1) is 29.4. The Morgan fingerprint density at radius 2 is 1.39 bits per heavy atom. The highest BCUT2D eigenvalue weighted by Gasteiger charge is 2.01. The van der Waals surface area contributed by atoms with Gasteiger partial charge in [-0.3, -0.25) is 9.48 Å². The summed E-state index contributed by atoms with van der Waals surface area (Å²) in [5.74, 6) is -0.412. The van der Waals surface area contributed by atoms with E-state index in [1.807, 2.05) is 10.9 Å². The van der Waals surface area contributed by atoms with E-state index < -0.39 is 12.5 Å². The van der Waals surface area contributed by atoms with Gasteiger partial charge in [-0.15, -0.1) is 5.10 Å². The molecule has 1 heterocycles. The van der Waals surface area contributed by atoms with Crippen molar-refractivity contribution in [3.8, 4) is 0 Å². The van der Waals surface area contributed by atoms with E-state index in [0.717, 1.165) is 25.1 Å². The number of carbonyl (C=O) groups is 1. The molecule has 1 amide bonds. The van der Waals surface area contributed by atoms with E-state index >= 15 is 0 Å². The van der Waals surface area contributed by atoms with Crippen LogP contribution in [-0.4, -0.2) is 112 Å². The quantitative estimate of drug-likeness (QED) is 0.193. The lowest BCUT2D eigenvalue weighted by Crippen LogP contribution is -2.29. The summed E-state index contributed by atoms with van der Waals surface area (Å²) in [5.41, 5.74) is 0.828. The fourth-order valence-electron chi connectivity index (χ4n) is 2.43. The van der Waals surface area contributed by atoms with Crippen LogP contribution in [0.15, 0.2) is 6.20 Å². The number of aryl methyl sites for hydroxylation is 1. The molecule has 0 saturated carbocycles. The molecule has 0 spiro atoms. The van der Waals surface area contributed by atoms with Crippen LogP contribution in [0.25, 0.3) is 0 Å². The maximum absolute atomic E-state index is 10.8. The van der Waals surface area contributed by atoms with Crippen LogP contribution in [-0.2, 0) is 46.4 Å². The predicted octanol–water partition coefficient (Wildman–Crippen LogP) is -0.214. The van der Waals surface area contributed by atoms with Crippen molar-refractivity contribution in [3.63, 3.8) is 0 Å². The van der Waals surface area contributed by atoms with Crippen LogP contribution in [0.5, 0.6) is 0 Å². The van der Waals surface area contributed by atoms with Crippen molar-refractivity contribution >= 4 is 5.91 Å². The number of nitrogens with zero attached hydrogens (tertiary/aromatic N) is 3. The smallest absolute Gasteiger partial charge is 0.245 e. The second-order valence-electron chi connectivity index (χ2n) is 6.95. The summed E-state index contributed by atoms with van der Waals surface area (Å²) in [7, 11) is 0. The van der Waals surface area contributed by atoms with Gasteiger partial charge in [-0.2, -0.15) is 0 Å². The lowest BCUT2D eigenvalue weighted by molar-refractivity contribution is -0.124. The Labute approximate surface area is 195 Å². The third kappa shape index (κ3) is 18.4. The average Bonchev–Trinajstić information content (AvgIpc) is 3.28. The molecule has 1 rings (SSSR count). The summed E-state index contributed by atoms with van der Waals surface area (Å²) in [5, 5.41) is 19.2. The molecule has 0 unspecified atom stereocenters. The zero-order valence-electron chi connectivity index (χ0n) is 19.7. The molecule has 192 valence electrons. The van der Waals surface area contributed by atoms with Gasteiger partial charge < -0.3 is 38.8 Å². The largest absolute Gasteiger partial charge is 0.387 e. The molecule has 12 heteroatoms. The summed E-state index contributed by atoms with van der Waals surface area (Å²) < 4.78 is 34.3. The maximum Gasteiger partial charge on any atom is 0.245 e. The van der Waals surface area contributed by atoms with Crippen molar-refractivity contribution in [1.82, 2.24) is 20.3 Å². The van der Waals surface area contributed by atoms with Crippen LogP contribution in [0.4, 0.5) is 0 Å². The predicted molar refractivity (Wildman–Crippen MR) is 119 cm³/mol. The monoisotopic (exact) mass is 476 g/mol. The van der Waals surface area contributed by atoms with E-state index in [-0.39, 0.29) is 0 Å². The summed E-state index contributed by atoms with van der Waals surface area (Å²) in [6.45, 7) is 8.54. The Morgan fingerprint density at radius 3 is 1.91 bits per heavy atom. The number of aromatic nitrogens is 3. The third-order valence-corrected chi connectivity index (χ3v) is 4.15. The van der Waals surface area contributed by atoms with Crippen molar-refractivity contribution in [2.45, 2.75) is 32.9 Å². The molecular formula is C21H40N4O8. The van der Waals surface area contributed by atoms with Gasteiger partial charge in [-0.25, -0.2) is 0 Å². The van der Waals surface area contributed by atoms with Gasteiger partial charge in [0.15, 0.2) is 0 Å². The Balaban J connectivity index is 1.72. The van der Waals surface area contributed by atoms with Crippen molar-refractivity contribution < 1.29 is 38.3 Å². The summed E-state index contributed by atoms with van der Waals surface area (Å²) in [6.07, 6.45) is 4.14. The van der Waals surface area contributed by atoms with E-state index in [2.05, 4.69) is 22.6 Å². The van der Waals surface area contributed by atoms with Crippen LogP contribution in [0, 0.1) is 0 Å². The highest BCUT2D eigenvalue weighted by atomic mass is 16.6. The number of rotatable bonds is 24. The minimum atomic E-state index is -0.510. The maximum atomic E-state index is 10.8. The number of aliphatic hydroxyl groups is 1. The number of hydrogen-bond donors (Lipinski definition) is 2. The molecule has 33 heavy (non-hydrogen) atoms. The molecule has 0 bridgehead atoms. The van der Waals surface area contributed by atoms with Crippen LogP contribution in [0.3, 0.4) is 0 Å². The summed E-state index contributed by atoms with van der Waals surface area (Å²) in [4.78, 5) is 10.8.